The molecule has 0 spiro atoms. The van der Waals surface area contributed by atoms with Gasteiger partial charge < -0.3 is 10.1 Å². The quantitative estimate of drug-likeness (QED) is 0.568. The van der Waals surface area contributed by atoms with Gasteiger partial charge in [-0.2, -0.15) is 0 Å². The van der Waals surface area contributed by atoms with E-state index in [-0.39, 0.29) is 0 Å². The zero-order valence-electron chi connectivity index (χ0n) is 9.94. The lowest BCUT2D eigenvalue weighted by Crippen LogP contribution is -2.04. The topological polar surface area (TPSA) is 47.0 Å². The molecule has 0 unspecified atom stereocenters. The molecular formula is C12H19N3O. The third kappa shape index (κ3) is 4.77. The Bertz CT molecular complexity index is 326. The molecule has 0 atom stereocenters. The molecular weight excluding hydrogens is 202 g/mol. The maximum Gasteiger partial charge on any atom is 0.218 e. The number of nitrogens with one attached hydrogen (secondary N) is 1. The minimum Gasteiger partial charge on any atom is -0.478 e. The highest BCUT2D eigenvalue weighted by Gasteiger charge is 1.97. The van der Waals surface area contributed by atoms with Crippen molar-refractivity contribution in [2.45, 2.75) is 26.7 Å². The summed E-state index contributed by atoms with van der Waals surface area (Å²) in [6, 6.07) is 1.82. The van der Waals surface area contributed by atoms with Crippen molar-refractivity contribution in [3.05, 3.63) is 24.5 Å². The highest BCUT2D eigenvalue weighted by molar-refractivity contribution is 5.36. The highest BCUT2D eigenvalue weighted by atomic mass is 16.5. The van der Waals surface area contributed by atoms with Gasteiger partial charge in [0, 0.05) is 12.6 Å². The Morgan fingerprint density at radius 2 is 2.31 bits per heavy atom. The zero-order valence-corrected chi connectivity index (χ0v) is 9.94. The number of allylic oxidation sites excluding steroid dienone is 1. The Kier molecular flexibility index (Phi) is 5.99. The van der Waals surface area contributed by atoms with Crippen LogP contribution in [-0.4, -0.2) is 23.1 Å². The Hall–Kier alpha value is -1.58. The van der Waals surface area contributed by atoms with Crippen molar-refractivity contribution in [3.63, 3.8) is 0 Å². The van der Waals surface area contributed by atoms with Crippen molar-refractivity contribution < 1.29 is 4.74 Å². The summed E-state index contributed by atoms with van der Waals surface area (Å²) in [7, 11) is 0. The van der Waals surface area contributed by atoms with Crippen molar-refractivity contribution in [2.75, 3.05) is 18.5 Å². The molecule has 16 heavy (non-hydrogen) atoms. The Balaban J connectivity index is 2.40. The number of nitrogens with zero attached hydrogens (tertiary/aromatic N) is 2. The van der Waals surface area contributed by atoms with E-state index in [2.05, 4.69) is 28.3 Å². The number of anilines is 1. The highest BCUT2D eigenvalue weighted by Crippen LogP contribution is 2.10. The van der Waals surface area contributed by atoms with Crippen LogP contribution in [0.25, 0.3) is 0 Å². The van der Waals surface area contributed by atoms with Crippen LogP contribution in [0.3, 0.4) is 0 Å². The number of hydrogen-bond donors (Lipinski definition) is 1. The molecule has 0 aliphatic rings. The number of hydrogen-bond acceptors (Lipinski definition) is 4. The smallest absolute Gasteiger partial charge is 0.218 e. The lowest BCUT2D eigenvalue weighted by Gasteiger charge is -2.06. The van der Waals surface area contributed by atoms with Crippen LogP contribution in [0, 0.1) is 0 Å². The van der Waals surface area contributed by atoms with E-state index in [1.165, 1.54) is 6.33 Å². The number of aromatic nitrogens is 2. The van der Waals surface area contributed by atoms with Crippen LogP contribution in [0.2, 0.25) is 0 Å². The van der Waals surface area contributed by atoms with Crippen molar-refractivity contribution in [1.82, 2.24) is 9.97 Å². The molecule has 0 radical (unpaired) electrons. The van der Waals surface area contributed by atoms with Gasteiger partial charge in [0.25, 0.3) is 0 Å². The number of rotatable bonds is 7. The fourth-order valence-corrected chi connectivity index (χ4v) is 1.17. The first-order chi connectivity index (χ1) is 7.86. The van der Waals surface area contributed by atoms with Crippen molar-refractivity contribution in [1.29, 1.82) is 0 Å². The second-order valence-corrected chi connectivity index (χ2v) is 3.37. The molecule has 1 N–H and O–H groups in total. The normalized spacial score (nSPS) is 10.6. The van der Waals surface area contributed by atoms with E-state index >= 15 is 0 Å². The van der Waals surface area contributed by atoms with Crippen LogP contribution in [-0.2, 0) is 0 Å². The zero-order chi connectivity index (χ0) is 11.6. The molecule has 1 heterocycles. The fraction of sp³-hybridized carbons (Fsp3) is 0.500. The van der Waals surface area contributed by atoms with E-state index in [9.17, 15) is 0 Å². The SMILES string of the molecule is C/C=C/CCNc1cc(OCCC)ncn1. The van der Waals surface area contributed by atoms with E-state index in [1.54, 1.807) is 0 Å². The predicted molar refractivity (Wildman–Crippen MR) is 65.7 cm³/mol. The molecule has 0 aliphatic carbocycles. The molecule has 0 saturated carbocycles. The van der Waals surface area contributed by atoms with E-state index in [0.717, 1.165) is 25.2 Å². The average molecular weight is 221 g/mol. The summed E-state index contributed by atoms with van der Waals surface area (Å²) in [5.74, 6) is 1.44. The molecule has 4 nitrogen and oxygen atoms in total. The van der Waals surface area contributed by atoms with Gasteiger partial charge in [0.05, 0.1) is 6.61 Å². The van der Waals surface area contributed by atoms with E-state index in [4.69, 9.17) is 4.74 Å². The molecule has 1 aromatic rings. The lowest BCUT2D eigenvalue weighted by molar-refractivity contribution is 0.305. The van der Waals surface area contributed by atoms with Crippen molar-refractivity contribution in [2.24, 2.45) is 0 Å². The predicted octanol–water partition coefficient (Wildman–Crippen LogP) is 2.64. The van der Waals surface area contributed by atoms with Crippen molar-refractivity contribution >= 4 is 5.82 Å². The largest absolute Gasteiger partial charge is 0.478 e. The lowest BCUT2D eigenvalue weighted by atomic mass is 10.4. The van der Waals surface area contributed by atoms with E-state index in [1.807, 2.05) is 19.1 Å². The van der Waals surface area contributed by atoms with Crippen LogP contribution in [0.4, 0.5) is 5.82 Å². The van der Waals surface area contributed by atoms with Gasteiger partial charge in [-0.15, -0.1) is 0 Å². The summed E-state index contributed by atoms with van der Waals surface area (Å²) in [5, 5.41) is 3.21. The van der Waals surface area contributed by atoms with Gasteiger partial charge in [-0.05, 0) is 19.8 Å². The molecule has 0 saturated heterocycles. The first kappa shape index (κ1) is 12.5. The standard InChI is InChI=1S/C12H19N3O/c1-3-5-6-7-13-11-9-12(15-10-14-11)16-8-4-2/h3,5,9-10H,4,6-8H2,1-2H3,(H,13,14,15)/b5-3+. The molecule has 0 amide bonds. The third-order valence-corrected chi connectivity index (χ3v) is 1.95. The molecule has 1 aromatic heterocycles. The summed E-state index contributed by atoms with van der Waals surface area (Å²) in [5.41, 5.74) is 0. The van der Waals surface area contributed by atoms with Crippen LogP contribution in [0.5, 0.6) is 5.88 Å². The summed E-state index contributed by atoms with van der Waals surface area (Å²) in [4.78, 5) is 8.15. The van der Waals surface area contributed by atoms with Crippen LogP contribution < -0.4 is 10.1 Å². The van der Waals surface area contributed by atoms with Crippen molar-refractivity contribution in [3.8, 4) is 5.88 Å². The average Bonchev–Trinajstić information content (AvgIpc) is 2.33. The maximum atomic E-state index is 5.42. The minimum absolute atomic E-state index is 0.630. The monoisotopic (exact) mass is 221 g/mol. The van der Waals surface area contributed by atoms with Crippen LogP contribution in [0.15, 0.2) is 24.5 Å². The van der Waals surface area contributed by atoms with Gasteiger partial charge in [-0.3, -0.25) is 0 Å². The summed E-state index contributed by atoms with van der Waals surface area (Å²) < 4.78 is 5.42. The molecule has 0 bridgehead atoms. The second-order valence-electron chi connectivity index (χ2n) is 3.37. The molecule has 88 valence electrons. The van der Waals surface area contributed by atoms with Gasteiger partial charge in [-0.25, -0.2) is 9.97 Å². The molecule has 1 rings (SSSR count). The first-order valence-electron chi connectivity index (χ1n) is 5.66. The fourth-order valence-electron chi connectivity index (χ4n) is 1.17. The Morgan fingerprint density at radius 3 is 3.06 bits per heavy atom. The second kappa shape index (κ2) is 7.68. The Labute approximate surface area is 96.8 Å². The van der Waals surface area contributed by atoms with Gasteiger partial charge >= 0.3 is 0 Å². The Morgan fingerprint density at radius 1 is 1.44 bits per heavy atom. The minimum atomic E-state index is 0.630. The third-order valence-electron chi connectivity index (χ3n) is 1.95. The summed E-state index contributed by atoms with van der Waals surface area (Å²) in [6.45, 7) is 5.64. The van der Waals surface area contributed by atoms with E-state index in [0.29, 0.717) is 12.5 Å². The molecule has 4 heteroatoms. The van der Waals surface area contributed by atoms with Gasteiger partial charge in [-0.1, -0.05) is 19.1 Å². The molecule has 0 fully saturated rings. The summed E-state index contributed by atoms with van der Waals surface area (Å²) >= 11 is 0. The maximum absolute atomic E-state index is 5.42. The first-order valence-corrected chi connectivity index (χ1v) is 5.66. The molecule has 0 aromatic carbocycles. The van der Waals surface area contributed by atoms with Crippen LogP contribution in [0.1, 0.15) is 26.7 Å². The van der Waals surface area contributed by atoms with Gasteiger partial charge in [0.2, 0.25) is 5.88 Å². The van der Waals surface area contributed by atoms with Gasteiger partial charge in [0.1, 0.15) is 12.1 Å². The molecule has 0 aliphatic heterocycles. The summed E-state index contributed by atoms with van der Waals surface area (Å²) in [6.07, 6.45) is 7.64. The van der Waals surface area contributed by atoms with Crippen LogP contribution >= 0.6 is 0 Å². The number of ether oxygens (including phenoxy) is 1. The van der Waals surface area contributed by atoms with E-state index < -0.39 is 0 Å². The van der Waals surface area contributed by atoms with Gasteiger partial charge in [0.15, 0.2) is 0 Å².